The van der Waals surface area contributed by atoms with Gasteiger partial charge in [0.25, 0.3) is 0 Å². The highest BCUT2D eigenvalue weighted by Crippen LogP contribution is 2.22. The Morgan fingerprint density at radius 2 is 1.96 bits per heavy atom. The van der Waals surface area contributed by atoms with E-state index >= 15 is 0 Å². The third-order valence-electron chi connectivity index (χ3n) is 4.06. The summed E-state index contributed by atoms with van der Waals surface area (Å²) in [6.45, 7) is 1.37. The molecule has 140 valence electrons. The highest BCUT2D eigenvalue weighted by Gasteiger charge is 2.28. The molecule has 0 aliphatic carbocycles. The topological polar surface area (TPSA) is 90.4 Å². The number of nitrogens with one attached hydrogen (secondary N) is 1. The summed E-state index contributed by atoms with van der Waals surface area (Å²) in [4.78, 5) is 8.36. The van der Waals surface area contributed by atoms with Gasteiger partial charge in [0.15, 0.2) is 5.82 Å². The second-order valence-corrected chi connectivity index (χ2v) is 8.40. The highest BCUT2D eigenvalue weighted by molar-refractivity contribution is 7.88. The van der Waals surface area contributed by atoms with Crippen LogP contribution < -0.4 is 9.46 Å². The molecule has 0 unspecified atom stereocenters. The van der Waals surface area contributed by atoms with Crippen LogP contribution in [0.3, 0.4) is 0 Å². The third kappa shape index (κ3) is 5.38. The quantitative estimate of drug-likeness (QED) is 0.803. The zero-order valence-corrected chi connectivity index (χ0v) is 15.8. The molecule has 1 aromatic heterocycles. The fourth-order valence-corrected chi connectivity index (χ4v) is 3.66. The first-order chi connectivity index (χ1) is 12.4. The van der Waals surface area contributed by atoms with Gasteiger partial charge in [-0.2, -0.15) is 0 Å². The molecule has 7 nitrogen and oxygen atoms in total. The lowest BCUT2D eigenvalue weighted by atomic mass is 9.97. The van der Waals surface area contributed by atoms with E-state index in [2.05, 4.69) is 14.7 Å². The molecule has 1 aliphatic heterocycles. The number of aromatic nitrogens is 2. The Morgan fingerprint density at radius 1 is 1.27 bits per heavy atom. The molecule has 0 radical (unpaired) electrons. The van der Waals surface area contributed by atoms with Gasteiger partial charge in [-0.3, -0.25) is 0 Å². The van der Waals surface area contributed by atoms with E-state index in [4.69, 9.17) is 21.1 Å². The van der Waals surface area contributed by atoms with Crippen molar-refractivity contribution >= 4 is 21.6 Å². The van der Waals surface area contributed by atoms with Crippen LogP contribution in [0.5, 0.6) is 5.75 Å². The van der Waals surface area contributed by atoms with Crippen LogP contribution in [0, 0.1) is 5.92 Å². The summed E-state index contributed by atoms with van der Waals surface area (Å²) in [5.41, 5.74) is 0.858. The first kappa shape index (κ1) is 19.0. The maximum atomic E-state index is 11.5. The van der Waals surface area contributed by atoms with Crippen molar-refractivity contribution in [2.45, 2.75) is 12.5 Å². The molecule has 1 fully saturated rings. The van der Waals surface area contributed by atoms with Crippen molar-refractivity contribution < 1.29 is 17.9 Å². The Kier molecular flexibility index (Phi) is 6.08. The molecule has 1 aromatic carbocycles. The summed E-state index contributed by atoms with van der Waals surface area (Å²) >= 11 is 5.79. The third-order valence-corrected chi connectivity index (χ3v) is 4.99. The van der Waals surface area contributed by atoms with Crippen molar-refractivity contribution in [2.24, 2.45) is 5.92 Å². The van der Waals surface area contributed by atoms with Gasteiger partial charge in [0.05, 0.1) is 30.5 Å². The van der Waals surface area contributed by atoms with E-state index < -0.39 is 10.0 Å². The Labute approximate surface area is 157 Å². The van der Waals surface area contributed by atoms with Gasteiger partial charge < -0.3 is 9.47 Å². The number of hydrogen-bond acceptors (Lipinski definition) is 6. The van der Waals surface area contributed by atoms with E-state index in [1.807, 2.05) is 24.3 Å². The number of benzene rings is 1. The van der Waals surface area contributed by atoms with Gasteiger partial charge in [-0.15, -0.1) is 0 Å². The molecule has 9 heteroatoms. The van der Waals surface area contributed by atoms with Crippen molar-refractivity contribution in [2.75, 3.05) is 26.1 Å². The number of ether oxygens (including phenoxy) is 2. The van der Waals surface area contributed by atoms with Gasteiger partial charge in [0, 0.05) is 30.5 Å². The maximum Gasteiger partial charge on any atom is 0.209 e. The first-order valence-corrected chi connectivity index (χ1v) is 10.4. The van der Waals surface area contributed by atoms with E-state index in [0.29, 0.717) is 36.4 Å². The van der Waals surface area contributed by atoms with Gasteiger partial charge in [0.1, 0.15) is 5.75 Å². The minimum Gasteiger partial charge on any atom is -0.493 e. The van der Waals surface area contributed by atoms with E-state index in [9.17, 15) is 8.42 Å². The minimum atomic E-state index is -3.29. The molecule has 2 atom stereocenters. The Bertz CT molecular complexity index is 828. The van der Waals surface area contributed by atoms with Crippen molar-refractivity contribution in [1.29, 1.82) is 0 Å². The van der Waals surface area contributed by atoms with Crippen molar-refractivity contribution in [3.8, 4) is 17.1 Å². The van der Waals surface area contributed by atoms with Crippen molar-refractivity contribution in [3.05, 3.63) is 41.7 Å². The number of halogens is 1. The number of nitrogens with zero attached hydrogens (tertiary/aromatic N) is 2. The molecule has 2 heterocycles. The highest BCUT2D eigenvalue weighted by atomic mass is 35.5. The number of sulfonamides is 1. The Hall–Kier alpha value is -1.74. The lowest BCUT2D eigenvalue weighted by Gasteiger charge is -2.31. The summed E-state index contributed by atoms with van der Waals surface area (Å²) in [5.74, 6) is 1.34. The molecule has 0 bridgehead atoms. The average Bonchev–Trinajstić information content (AvgIpc) is 2.61. The SMILES string of the molecule is CS(=O)(=O)N[C@H]1COCC[C@@H]1COc1ccc(-c2ncc(Cl)cn2)cc1. The molecule has 0 amide bonds. The van der Waals surface area contributed by atoms with Crippen LogP contribution in [-0.2, 0) is 14.8 Å². The van der Waals surface area contributed by atoms with Gasteiger partial charge in [-0.1, -0.05) is 11.6 Å². The molecular weight excluding hydrogens is 378 g/mol. The van der Waals surface area contributed by atoms with E-state index in [1.54, 1.807) is 12.4 Å². The molecule has 1 saturated heterocycles. The molecule has 3 rings (SSSR count). The monoisotopic (exact) mass is 397 g/mol. The van der Waals surface area contributed by atoms with Crippen LogP contribution in [0.1, 0.15) is 6.42 Å². The van der Waals surface area contributed by atoms with E-state index in [0.717, 1.165) is 18.2 Å². The lowest BCUT2D eigenvalue weighted by molar-refractivity contribution is 0.0275. The zero-order chi connectivity index (χ0) is 18.6. The van der Waals surface area contributed by atoms with Crippen LogP contribution in [0.2, 0.25) is 5.02 Å². The number of hydrogen-bond donors (Lipinski definition) is 1. The average molecular weight is 398 g/mol. The summed E-state index contributed by atoms with van der Waals surface area (Å²) in [6, 6.07) is 7.14. The summed E-state index contributed by atoms with van der Waals surface area (Å²) in [6.07, 6.45) is 4.99. The summed E-state index contributed by atoms with van der Waals surface area (Å²) < 4.78 is 36.8. The molecule has 0 saturated carbocycles. The van der Waals surface area contributed by atoms with Crippen molar-refractivity contribution in [3.63, 3.8) is 0 Å². The van der Waals surface area contributed by atoms with Crippen LogP contribution in [0.15, 0.2) is 36.7 Å². The van der Waals surface area contributed by atoms with Gasteiger partial charge >= 0.3 is 0 Å². The fourth-order valence-electron chi connectivity index (χ4n) is 2.75. The summed E-state index contributed by atoms with van der Waals surface area (Å²) in [7, 11) is -3.29. The molecule has 0 spiro atoms. The van der Waals surface area contributed by atoms with E-state index in [1.165, 1.54) is 0 Å². The lowest BCUT2D eigenvalue weighted by Crippen LogP contribution is -2.48. The second-order valence-electron chi connectivity index (χ2n) is 6.18. The van der Waals surface area contributed by atoms with Crippen LogP contribution >= 0.6 is 11.6 Å². The minimum absolute atomic E-state index is 0.0535. The Morgan fingerprint density at radius 3 is 2.62 bits per heavy atom. The van der Waals surface area contributed by atoms with Gasteiger partial charge in [-0.05, 0) is 30.7 Å². The Balaban J connectivity index is 1.61. The molecule has 26 heavy (non-hydrogen) atoms. The van der Waals surface area contributed by atoms with Crippen LogP contribution in [-0.4, -0.2) is 50.5 Å². The van der Waals surface area contributed by atoms with Crippen molar-refractivity contribution in [1.82, 2.24) is 14.7 Å². The molecule has 1 aliphatic rings. The fraction of sp³-hybridized carbons (Fsp3) is 0.412. The first-order valence-electron chi connectivity index (χ1n) is 8.16. The molecule has 1 N–H and O–H groups in total. The smallest absolute Gasteiger partial charge is 0.209 e. The normalized spacial score (nSPS) is 20.7. The maximum absolute atomic E-state index is 11.5. The summed E-state index contributed by atoms with van der Waals surface area (Å²) in [5, 5.41) is 0.488. The predicted molar refractivity (Wildman–Crippen MR) is 98.7 cm³/mol. The molecular formula is C17H20ClN3O4S. The van der Waals surface area contributed by atoms with Gasteiger partial charge in [-0.25, -0.2) is 23.1 Å². The number of rotatable bonds is 6. The zero-order valence-electron chi connectivity index (χ0n) is 14.3. The van der Waals surface area contributed by atoms with Crippen LogP contribution in [0.25, 0.3) is 11.4 Å². The van der Waals surface area contributed by atoms with Crippen LogP contribution in [0.4, 0.5) is 0 Å². The molecule has 2 aromatic rings. The standard InChI is InChI=1S/C17H20ClN3O4S/c1-26(22,23)21-16-11-24-7-6-13(16)10-25-15-4-2-12(3-5-15)17-19-8-14(18)9-20-17/h2-5,8-9,13,16,21H,6-7,10-11H2,1H3/t13-,16+/m1/s1. The van der Waals surface area contributed by atoms with E-state index in [-0.39, 0.29) is 12.0 Å². The second kappa shape index (κ2) is 8.30. The largest absolute Gasteiger partial charge is 0.493 e. The van der Waals surface area contributed by atoms with Gasteiger partial charge in [0.2, 0.25) is 10.0 Å². The predicted octanol–water partition coefficient (Wildman–Crippen LogP) is 2.13.